The molecule has 0 spiro atoms. The second-order valence-corrected chi connectivity index (χ2v) is 5.50. The zero-order chi connectivity index (χ0) is 15.5. The predicted molar refractivity (Wildman–Crippen MR) is 76.0 cm³/mol. The Morgan fingerprint density at radius 1 is 1.24 bits per heavy atom. The van der Waals surface area contributed by atoms with Gasteiger partial charge in [0.2, 0.25) is 5.91 Å². The van der Waals surface area contributed by atoms with Crippen LogP contribution in [0.1, 0.15) is 29.7 Å². The van der Waals surface area contributed by atoms with Gasteiger partial charge in [0.1, 0.15) is 0 Å². The number of nitrogens with one attached hydrogen (secondary N) is 1. The molecule has 0 aliphatic rings. The second-order valence-electron chi connectivity index (χ2n) is 4.72. The monoisotopic (exact) mass is 313 g/mol. The van der Waals surface area contributed by atoms with E-state index in [1.807, 2.05) is 16.8 Å². The number of rotatable bonds is 4. The molecule has 1 unspecified atom stereocenters. The number of halogens is 3. The van der Waals surface area contributed by atoms with Crippen molar-refractivity contribution in [3.8, 4) is 0 Å². The highest BCUT2D eigenvalue weighted by Crippen LogP contribution is 2.29. The molecule has 1 amide bonds. The van der Waals surface area contributed by atoms with Crippen molar-refractivity contribution in [2.75, 3.05) is 0 Å². The lowest BCUT2D eigenvalue weighted by Gasteiger charge is -2.15. The van der Waals surface area contributed by atoms with Gasteiger partial charge in [-0.15, -0.1) is 0 Å². The summed E-state index contributed by atoms with van der Waals surface area (Å²) in [5.41, 5.74) is 0.877. The van der Waals surface area contributed by atoms with Crippen molar-refractivity contribution in [3.63, 3.8) is 0 Å². The smallest absolute Gasteiger partial charge is 0.349 e. The van der Waals surface area contributed by atoms with Crippen LogP contribution in [-0.4, -0.2) is 5.91 Å². The maximum atomic E-state index is 12.5. The number of carbonyl (C=O) groups excluding carboxylic acids is 1. The standard InChI is InChI=1S/C15H14F3NOS/c1-10(19-14(20)8-11-6-7-21-9-11)12-2-4-13(5-3-12)15(16,17)18/h2-7,9-10H,8H2,1H3,(H,19,20). The van der Waals surface area contributed by atoms with E-state index in [-0.39, 0.29) is 18.4 Å². The summed E-state index contributed by atoms with van der Waals surface area (Å²) >= 11 is 1.51. The molecule has 1 aromatic heterocycles. The van der Waals surface area contributed by atoms with Gasteiger partial charge in [-0.25, -0.2) is 0 Å². The molecule has 0 aliphatic heterocycles. The van der Waals surface area contributed by atoms with E-state index >= 15 is 0 Å². The molecule has 0 saturated carbocycles. The highest BCUT2D eigenvalue weighted by molar-refractivity contribution is 7.07. The maximum absolute atomic E-state index is 12.5. The molecule has 1 aromatic carbocycles. The molecule has 0 bridgehead atoms. The van der Waals surface area contributed by atoms with Crippen LogP contribution in [-0.2, 0) is 17.4 Å². The Kier molecular flexibility index (Phi) is 4.67. The molecule has 1 heterocycles. The van der Waals surface area contributed by atoms with E-state index < -0.39 is 11.7 Å². The molecule has 1 atom stereocenters. The van der Waals surface area contributed by atoms with Gasteiger partial charge in [0, 0.05) is 0 Å². The summed E-state index contributed by atoms with van der Waals surface area (Å²) in [5.74, 6) is -0.152. The van der Waals surface area contributed by atoms with Crippen molar-refractivity contribution < 1.29 is 18.0 Å². The van der Waals surface area contributed by atoms with E-state index in [2.05, 4.69) is 5.32 Å². The van der Waals surface area contributed by atoms with Gasteiger partial charge in [-0.1, -0.05) is 12.1 Å². The fraction of sp³-hybridized carbons (Fsp3) is 0.267. The summed E-state index contributed by atoms with van der Waals surface area (Å²) in [6, 6.07) is 6.36. The van der Waals surface area contributed by atoms with Crippen LogP contribution < -0.4 is 5.32 Å². The van der Waals surface area contributed by atoms with Crippen molar-refractivity contribution in [2.24, 2.45) is 0 Å². The van der Waals surface area contributed by atoms with Crippen LogP contribution in [0.3, 0.4) is 0 Å². The average molecular weight is 313 g/mol. The molecule has 1 N–H and O–H groups in total. The van der Waals surface area contributed by atoms with E-state index in [1.165, 1.54) is 23.5 Å². The van der Waals surface area contributed by atoms with Crippen molar-refractivity contribution in [3.05, 3.63) is 57.8 Å². The third kappa shape index (κ3) is 4.32. The molecule has 0 saturated heterocycles. The first-order valence-electron chi connectivity index (χ1n) is 6.34. The lowest BCUT2D eigenvalue weighted by molar-refractivity contribution is -0.137. The average Bonchev–Trinajstić information content (AvgIpc) is 2.90. The second kappa shape index (κ2) is 6.30. The van der Waals surface area contributed by atoms with E-state index in [0.29, 0.717) is 5.56 Å². The van der Waals surface area contributed by atoms with E-state index in [0.717, 1.165) is 17.7 Å². The molecule has 21 heavy (non-hydrogen) atoms. The number of hydrogen-bond donors (Lipinski definition) is 1. The van der Waals surface area contributed by atoms with Crippen molar-refractivity contribution in [1.82, 2.24) is 5.32 Å². The highest BCUT2D eigenvalue weighted by Gasteiger charge is 2.30. The number of thiophene rings is 1. The van der Waals surface area contributed by atoms with Crippen LogP contribution in [0.25, 0.3) is 0 Å². The Hall–Kier alpha value is -1.82. The molecular formula is C15H14F3NOS. The summed E-state index contributed by atoms with van der Waals surface area (Å²) in [6.07, 6.45) is -4.07. The molecule has 2 rings (SSSR count). The number of carbonyl (C=O) groups is 1. The lowest BCUT2D eigenvalue weighted by atomic mass is 10.1. The first-order valence-corrected chi connectivity index (χ1v) is 7.28. The van der Waals surface area contributed by atoms with E-state index in [1.54, 1.807) is 6.92 Å². The van der Waals surface area contributed by atoms with Gasteiger partial charge in [0.25, 0.3) is 0 Å². The van der Waals surface area contributed by atoms with Gasteiger partial charge >= 0.3 is 6.18 Å². The number of alkyl halides is 3. The van der Waals surface area contributed by atoms with Crippen LogP contribution in [0, 0.1) is 0 Å². The molecule has 112 valence electrons. The summed E-state index contributed by atoms with van der Waals surface area (Å²) in [5, 5.41) is 6.56. The van der Waals surface area contributed by atoms with Gasteiger partial charge in [0.15, 0.2) is 0 Å². The van der Waals surface area contributed by atoms with Crippen LogP contribution in [0.5, 0.6) is 0 Å². The van der Waals surface area contributed by atoms with E-state index in [4.69, 9.17) is 0 Å². The van der Waals surface area contributed by atoms with Crippen molar-refractivity contribution in [2.45, 2.75) is 25.6 Å². The van der Waals surface area contributed by atoms with Gasteiger partial charge in [-0.05, 0) is 47.0 Å². The van der Waals surface area contributed by atoms with Gasteiger partial charge in [-0.3, -0.25) is 4.79 Å². The number of hydrogen-bond acceptors (Lipinski definition) is 2. The quantitative estimate of drug-likeness (QED) is 0.901. The predicted octanol–water partition coefficient (Wildman–Crippen LogP) is 4.19. The fourth-order valence-electron chi connectivity index (χ4n) is 1.92. The zero-order valence-electron chi connectivity index (χ0n) is 11.3. The largest absolute Gasteiger partial charge is 0.416 e. The molecule has 0 fully saturated rings. The first-order chi connectivity index (χ1) is 9.86. The molecule has 0 radical (unpaired) electrons. The van der Waals surface area contributed by atoms with Gasteiger partial charge in [-0.2, -0.15) is 24.5 Å². The Morgan fingerprint density at radius 3 is 2.43 bits per heavy atom. The van der Waals surface area contributed by atoms with E-state index in [9.17, 15) is 18.0 Å². The van der Waals surface area contributed by atoms with Gasteiger partial charge < -0.3 is 5.32 Å². The van der Waals surface area contributed by atoms with Crippen LogP contribution in [0.2, 0.25) is 0 Å². The summed E-state index contributed by atoms with van der Waals surface area (Å²) in [6.45, 7) is 1.74. The first kappa shape index (κ1) is 15.6. The van der Waals surface area contributed by atoms with Crippen molar-refractivity contribution in [1.29, 1.82) is 0 Å². The Balaban J connectivity index is 1.96. The molecule has 2 nitrogen and oxygen atoms in total. The Bertz CT molecular complexity index is 590. The lowest BCUT2D eigenvalue weighted by Crippen LogP contribution is -2.28. The molecule has 0 aliphatic carbocycles. The molecule has 2 aromatic rings. The normalized spacial score (nSPS) is 13.0. The fourth-order valence-corrected chi connectivity index (χ4v) is 2.58. The minimum absolute atomic E-state index is 0.152. The zero-order valence-corrected chi connectivity index (χ0v) is 12.1. The summed E-state index contributed by atoms with van der Waals surface area (Å²) in [4.78, 5) is 11.8. The van der Waals surface area contributed by atoms with Crippen molar-refractivity contribution >= 4 is 17.2 Å². The Morgan fingerprint density at radius 2 is 1.90 bits per heavy atom. The third-order valence-corrected chi connectivity index (χ3v) is 3.79. The highest BCUT2D eigenvalue weighted by atomic mass is 32.1. The van der Waals surface area contributed by atoms with Gasteiger partial charge in [0.05, 0.1) is 18.0 Å². The molecule has 6 heteroatoms. The third-order valence-electron chi connectivity index (χ3n) is 3.06. The van der Waals surface area contributed by atoms with Crippen LogP contribution in [0.15, 0.2) is 41.1 Å². The number of amides is 1. The minimum atomic E-state index is -4.34. The van der Waals surface area contributed by atoms with Crippen LogP contribution in [0.4, 0.5) is 13.2 Å². The van der Waals surface area contributed by atoms with Crippen LogP contribution >= 0.6 is 11.3 Å². The molecular weight excluding hydrogens is 299 g/mol. The maximum Gasteiger partial charge on any atom is 0.416 e. The Labute approximate surface area is 124 Å². The topological polar surface area (TPSA) is 29.1 Å². The SMILES string of the molecule is CC(NC(=O)Cc1ccsc1)c1ccc(C(F)(F)F)cc1. The summed E-state index contributed by atoms with van der Waals surface area (Å²) in [7, 11) is 0. The minimum Gasteiger partial charge on any atom is -0.349 e. The number of benzene rings is 1. The summed E-state index contributed by atoms with van der Waals surface area (Å²) < 4.78 is 37.4.